The third kappa shape index (κ3) is 4.89. The summed E-state index contributed by atoms with van der Waals surface area (Å²) in [7, 11) is 0. The van der Waals surface area contributed by atoms with E-state index in [9.17, 15) is 23.9 Å². The molecular weight excluding hydrogens is 447 g/mol. The Balaban J connectivity index is 1.35. The zero-order chi connectivity index (χ0) is 24.5. The van der Waals surface area contributed by atoms with Gasteiger partial charge < -0.3 is 10.4 Å². The van der Waals surface area contributed by atoms with E-state index < -0.39 is 17.8 Å². The van der Waals surface area contributed by atoms with Crippen LogP contribution in [0.3, 0.4) is 0 Å². The topological polar surface area (TPSA) is 86.7 Å². The zero-order valence-electron chi connectivity index (χ0n) is 20.0. The summed E-state index contributed by atoms with van der Waals surface area (Å²) in [5.74, 6) is -1.37. The van der Waals surface area contributed by atoms with Crippen LogP contribution in [0.1, 0.15) is 56.9 Å². The fraction of sp³-hybridized carbons (Fsp3) is 0.536. The van der Waals surface area contributed by atoms with Gasteiger partial charge in [-0.1, -0.05) is 31.4 Å². The molecule has 1 aliphatic heterocycles. The van der Waals surface area contributed by atoms with Crippen LogP contribution in [0.25, 0.3) is 0 Å². The first-order chi connectivity index (χ1) is 16.9. The molecule has 1 aromatic carbocycles. The number of halogens is 1. The molecule has 0 bridgehead atoms. The number of amides is 1. The molecule has 0 aromatic heterocycles. The Morgan fingerprint density at radius 1 is 1.03 bits per heavy atom. The van der Waals surface area contributed by atoms with Crippen molar-refractivity contribution in [3.63, 3.8) is 0 Å². The second kappa shape index (κ2) is 10.2. The quantitative estimate of drug-likeness (QED) is 0.632. The Hall–Kier alpha value is -2.64. The maximum absolute atomic E-state index is 13.4. The summed E-state index contributed by atoms with van der Waals surface area (Å²) in [6, 6.07) is 5.79. The Bertz CT molecular complexity index is 1070. The van der Waals surface area contributed by atoms with E-state index in [1.807, 2.05) is 0 Å². The monoisotopic (exact) mass is 480 g/mol. The largest absolute Gasteiger partial charge is 0.380 e. The van der Waals surface area contributed by atoms with Crippen LogP contribution in [0.2, 0.25) is 0 Å². The lowest BCUT2D eigenvalue weighted by Crippen LogP contribution is -2.54. The van der Waals surface area contributed by atoms with E-state index in [0.29, 0.717) is 23.5 Å². The van der Waals surface area contributed by atoms with Gasteiger partial charge in [-0.15, -0.1) is 0 Å². The van der Waals surface area contributed by atoms with Gasteiger partial charge in [-0.25, -0.2) is 4.39 Å². The van der Waals surface area contributed by atoms with Crippen molar-refractivity contribution in [3.8, 4) is 0 Å². The van der Waals surface area contributed by atoms with E-state index in [0.717, 1.165) is 25.9 Å². The number of likely N-dealkylation sites (tertiary alicyclic amines) is 1. The average molecular weight is 481 g/mol. The molecule has 1 aromatic rings. The molecule has 3 atom stereocenters. The smallest absolute Gasteiger partial charge is 0.255 e. The average Bonchev–Trinajstić information content (AvgIpc) is 2.87. The number of ketones is 2. The molecule has 5 rings (SSSR count). The number of aliphatic hydroxyl groups is 1. The van der Waals surface area contributed by atoms with E-state index in [1.54, 1.807) is 12.1 Å². The molecule has 0 radical (unpaired) electrons. The normalized spacial score (nSPS) is 27.8. The van der Waals surface area contributed by atoms with Crippen LogP contribution in [-0.2, 0) is 20.9 Å². The maximum atomic E-state index is 13.4. The number of allylic oxidation sites excluding steroid dienone is 1. The molecule has 35 heavy (non-hydrogen) atoms. The standard InChI is InChI=1S/C28H33FN2O4/c29-20-10-8-17(9-11-20)15-30-28(35)22-13-19-14-23-21(25(32)24(19)27(34)26(22)33)7-4-12-31(23)16-18-5-2-1-3-6-18/h8-11,13,18,21,23,27,34H,1-7,12,14-16H2,(H,30,35). The van der Waals surface area contributed by atoms with Crippen molar-refractivity contribution in [2.24, 2.45) is 11.8 Å². The molecule has 4 aliphatic rings. The number of aliphatic hydroxyl groups excluding tert-OH is 1. The number of rotatable bonds is 5. The number of carbonyl (C=O) groups is 3. The molecule has 1 saturated heterocycles. The first-order valence-corrected chi connectivity index (χ1v) is 12.9. The van der Waals surface area contributed by atoms with Gasteiger partial charge in [-0.3, -0.25) is 19.3 Å². The Kier molecular flexibility index (Phi) is 6.98. The van der Waals surface area contributed by atoms with E-state index in [2.05, 4.69) is 10.2 Å². The van der Waals surface area contributed by atoms with E-state index >= 15 is 0 Å². The second-order valence-electron chi connectivity index (χ2n) is 10.5. The van der Waals surface area contributed by atoms with Gasteiger partial charge in [0, 0.05) is 30.6 Å². The van der Waals surface area contributed by atoms with E-state index in [1.165, 1.54) is 50.3 Å². The van der Waals surface area contributed by atoms with Crippen molar-refractivity contribution in [3.05, 3.63) is 58.4 Å². The van der Waals surface area contributed by atoms with Gasteiger partial charge in [-0.2, -0.15) is 0 Å². The van der Waals surface area contributed by atoms with Gasteiger partial charge in [0.1, 0.15) is 11.9 Å². The zero-order valence-corrected chi connectivity index (χ0v) is 20.0. The number of nitrogens with zero attached hydrogens (tertiary/aromatic N) is 1. The van der Waals surface area contributed by atoms with Gasteiger partial charge in [0.15, 0.2) is 5.78 Å². The summed E-state index contributed by atoms with van der Waals surface area (Å²) in [6.07, 6.45) is 8.54. The Labute approximate surface area is 205 Å². The molecular formula is C28H33FN2O4. The summed E-state index contributed by atoms with van der Waals surface area (Å²) in [6.45, 7) is 2.08. The number of fused-ring (bicyclic) bond motifs is 1. The number of hydrogen-bond donors (Lipinski definition) is 2. The predicted octanol–water partition coefficient (Wildman–Crippen LogP) is 3.24. The first kappa shape index (κ1) is 24.1. The molecule has 1 saturated carbocycles. The third-order valence-electron chi connectivity index (χ3n) is 8.21. The molecule has 1 heterocycles. The van der Waals surface area contributed by atoms with Crippen LogP contribution in [0.4, 0.5) is 4.39 Å². The molecule has 0 spiro atoms. The highest BCUT2D eigenvalue weighted by Gasteiger charge is 2.47. The Morgan fingerprint density at radius 3 is 2.51 bits per heavy atom. The fourth-order valence-electron chi connectivity index (χ4n) is 6.35. The van der Waals surface area contributed by atoms with Crippen molar-refractivity contribution in [2.75, 3.05) is 13.1 Å². The highest BCUT2D eigenvalue weighted by atomic mass is 19.1. The summed E-state index contributed by atoms with van der Waals surface area (Å²) in [4.78, 5) is 41.6. The van der Waals surface area contributed by atoms with Crippen molar-refractivity contribution < 1.29 is 23.9 Å². The van der Waals surface area contributed by atoms with Gasteiger partial charge in [0.25, 0.3) is 5.91 Å². The molecule has 7 heteroatoms. The predicted molar refractivity (Wildman–Crippen MR) is 129 cm³/mol. The number of benzene rings is 1. The lowest BCUT2D eigenvalue weighted by molar-refractivity contribution is -0.131. The second-order valence-corrected chi connectivity index (χ2v) is 10.5. The summed E-state index contributed by atoms with van der Waals surface area (Å²) < 4.78 is 13.1. The summed E-state index contributed by atoms with van der Waals surface area (Å²) in [5.41, 5.74) is 1.37. The van der Waals surface area contributed by atoms with Gasteiger partial charge >= 0.3 is 0 Å². The first-order valence-electron chi connectivity index (χ1n) is 12.9. The molecule has 6 nitrogen and oxygen atoms in total. The van der Waals surface area contributed by atoms with E-state index in [-0.39, 0.29) is 41.3 Å². The summed E-state index contributed by atoms with van der Waals surface area (Å²) in [5, 5.41) is 13.5. The molecule has 2 N–H and O–H groups in total. The molecule has 3 aliphatic carbocycles. The van der Waals surface area contributed by atoms with Crippen LogP contribution in [0, 0.1) is 17.7 Å². The van der Waals surface area contributed by atoms with E-state index in [4.69, 9.17) is 0 Å². The van der Waals surface area contributed by atoms with Crippen molar-refractivity contribution in [2.45, 2.75) is 70.1 Å². The lowest BCUT2D eigenvalue weighted by atomic mass is 9.69. The molecule has 2 fully saturated rings. The van der Waals surface area contributed by atoms with Crippen molar-refractivity contribution in [1.29, 1.82) is 0 Å². The van der Waals surface area contributed by atoms with Gasteiger partial charge in [0.2, 0.25) is 5.78 Å². The minimum Gasteiger partial charge on any atom is -0.380 e. The summed E-state index contributed by atoms with van der Waals surface area (Å²) >= 11 is 0. The number of Topliss-reactive ketones (excluding diaryl/α,β-unsaturated/α-hetero) is 2. The van der Waals surface area contributed by atoms with Crippen molar-refractivity contribution in [1.82, 2.24) is 10.2 Å². The van der Waals surface area contributed by atoms with Crippen LogP contribution >= 0.6 is 0 Å². The van der Waals surface area contributed by atoms with Gasteiger partial charge in [-0.05, 0) is 73.9 Å². The van der Waals surface area contributed by atoms with Crippen LogP contribution < -0.4 is 5.32 Å². The highest BCUT2D eigenvalue weighted by Crippen LogP contribution is 2.41. The van der Waals surface area contributed by atoms with Crippen LogP contribution in [0.15, 0.2) is 47.1 Å². The third-order valence-corrected chi connectivity index (χ3v) is 8.21. The molecule has 3 unspecified atom stereocenters. The highest BCUT2D eigenvalue weighted by molar-refractivity contribution is 6.25. The number of carbonyl (C=O) groups excluding carboxylic acids is 3. The minimum absolute atomic E-state index is 0.0529. The van der Waals surface area contributed by atoms with Crippen molar-refractivity contribution >= 4 is 17.5 Å². The lowest BCUT2D eigenvalue weighted by Gasteiger charge is -2.46. The minimum atomic E-state index is -1.59. The maximum Gasteiger partial charge on any atom is 0.255 e. The number of nitrogens with one attached hydrogen (secondary N) is 1. The SMILES string of the molecule is O=C(NCc1ccc(F)cc1)C1=CC2=C(C(=O)C3CCCN(CC4CCCCC4)C3C2)C(O)C1=O. The van der Waals surface area contributed by atoms with Crippen LogP contribution in [0.5, 0.6) is 0 Å². The molecule has 1 amide bonds. The molecule has 186 valence electrons. The number of piperidine rings is 1. The Morgan fingerprint density at radius 2 is 1.77 bits per heavy atom. The van der Waals surface area contributed by atoms with Gasteiger partial charge in [0.05, 0.1) is 5.57 Å². The van der Waals surface area contributed by atoms with Crippen LogP contribution in [-0.4, -0.2) is 52.7 Å². The fourth-order valence-corrected chi connectivity index (χ4v) is 6.35. The number of hydrogen-bond acceptors (Lipinski definition) is 5.